The predicted molar refractivity (Wildman–Crippen MR) is 85.0 cm³/mol. The van der Waals surface area contributed by atoms with E-state index in [0.29, 0.717) is 23.9 Å². The quantitative estimate of drug-likeness (QED) is 0.904. The standard InChI is InChI=1S/C15H18N4O4S/c20-14(11-7-16-13(24-11)10-4-2-6-22-10)19-5-1-3-9(8-19)12-17-18-15(21)23-12/h7,9-10H,1-6,8H2,(H,18,21). The van der Waals surface area contributed by atoms with Gasteiger partial charge in [-0.25, -0.2) is 14.9 Å². The second-order valence-corrected chi connectivity index (χ2v) is 7.17. The topological polar surface area (TPSA) is 101 Å². The van der Waals surface area contributed by atoms with E-state index in [9.17, 15) is 9.59 Å². The molecule has 128 valence electrons. The summed E-state index contributed by atoms with van der Waals surface area (Å²) in [5.41, 5.74) is 0. The molecule has 9 heteroatoms. The predicted octanol–water partition coefficient (Wildman–Crippen LogP) is 1.69. The van der Waals surface area contributed by atoms with Crippen LogP contribution < -0.4 is 5.76 Å². The molecule has 2 aromatic rings. The Labute approximate surface area is 141 Å². The van der Waals surface area contributed by atoms with E-state index in [1.807, 2.05) is 0 Å². The first-order chi connectivity index (χ1) is 11.7. The fourth-order valence-corrected chi connectivity index (χ4v) is 4.21. The number of hydrogen-bond acceptors (Lipinski definition) is 7. The maximum atomic E-state index is 12.7. The number of piperidine rings is 1. The Morgan fingerprint density at radius 2 is 2.29 bits per heavy atom. The number of nitrogens with zero attached hydrogens (tertiary/aromatic N) is 3. The summed E-state index contributed by atoms with van der Waals surface area (Å²) in [5, 5.41) is 7.05. The molecule has 0 aliphatic carbocycles. The monoisotopic (exact) mass is 350 g/mol. The maximum absolute atomic E-state index is 12.7. The molecular weight excluding hydrogens is 332 g/mol. The zero-order valence-corrected chi connectivity index (χ0v) is 13.9. The van der Waals surface area contributed by atoms with Crippen LogP contribution in [0.1, 0.15) is 58.3 Å². The molecule has 4 rings (SSSR count). The Morgan fingerprint density at radius 3 is 3.04 bits per heavy atom. The number of thiazole rings is 1. The third-order valence-corrected chi connectivity index (χ3v) is 5.53. The molecule has 4 heterocycles. The lowest BCUT2D eigenvalue weighted by molar-refractivity contribution is 0.0702. The molecule has 24 heavy (non-hydrogen) atoms. The van der Waals surface area contributed by atoms with Crippen LogP contribution >= 0.6 is 11.3 Å². The van der Waals surface area contributed by atoms with Crippen LogP contribution in [0.2, 0.25) is 0 Å². The Kier molecular flexibility index (Phi) is 4.19. The van der Waals surface area contributed by atoms with E-state index >= 15 is 0 Å². The van der Waals surface area contributed by atoms with Crippen molar-refractivity contribution >= 4 is 17.2 Å². The number of carbonyl (C=O) groups is 1. The smallest absolute Gasteiger partial charge is 0.392 e. The minimum Gasteiger partial charge on any atom is -0.392 e. The van der Waals surface area contributed by atoms with Crippen molar-refractivity contribution in [3.63, 3.8) is 0 Å². The first kappa shape index (κ1) is 15.5. The van der Waals surface area contributed by atoms with Crippen LogP contribution in [0.3, 0.4) is 0 Å². The molecule has 1 N–H and O–H groups in total. The zero-order valence-electron chi connectivity index (χ0n) is 13.1. The Hall–Kier alpha value is -2.00. The molecule has 0 spiro atoms. The summed E-state index contributed by atoms with van der Waals surface area (Å²) in [5.74, 6) is -0.259. The van der Waals surface area contributed by atoms with E-state index in [0.717, 1.165) is 37.3 Å². The van der Waals surface area contributed by atoms with Gasteiger partial charge in [-0.2, -0.15) is 0 Å². The highest BCUT2D eigenvalue weighted by molar-refractivity contribution is 7.13. The Morgan fingerprint density at radius 1 is 1.38 bits per heavy atom. The minimum absolute atomic E-state index is 0.0284. The maximum Gasteiger partial charge on any atom is 0.434 e. The number of amides is 1. The van der Waals surface area contributed by atoms with Gasteiger partial charge in [0.15, 0.2) is 0 Å². The van der Waals surface area contributed by atoms with Gasteiger partial charge < -0.3 is 14.1 Å². The molecule has 2 aliphatic heterocycles. The highest BCUT2D eigenvalue weighted by atomic mass is 32.1. The first-order valence-electron chi connectivity index (χ1n) is 8.12. The third-order valence-electron chi connectivity index (χ3n) is 4.45. The van der Waals surface area contributed by atoms with E-state index < -0.39 is 5.76 Å². The van der Waals surface area contributed by atoms with Gasteiger partial charge in [0.05, 0.1) is 12.1 Å². The van der Waals surface area contributed by atoms with Gasteiger partial charge in [0.25, 0.3) is 5.91 Å². The van der Waals surface area contributed by atoms with Gasteiger partial charge in [-0.1, -0.05) is 0 Å². The van der Waals surface area contributed by atoms with Crippen LogP contribution in [0.15, 0.2) is 15.4 Å². The second-order valence-electron chi connectivity index (χ2n) is 6.11. The van der Waals surface area contributed by atoms with E-state index in [4.69, 9.17) is 9.15 Å². The summed E-state index contributed by atoms with van der Waals surface area (Å²) in [4.78, 5) is 30.6. The van der Waals surface area contributed by atoms with Gasteiger partial charge in [0.2, 0.25) is 5.89 Å². The van der Waals surface area contributed by atoms with Crippen LogP contribution in [0, 0.1) is 0 Å². The van der Waals surface area contributed by atoms with Gasteiger partial charge in [-0.3, -0.25) is 4.79 Å². The molecule has 8 nitrogen and oxygen atoms in total. The van der Waals surface area contributed by atoms with E-state index in [1.54, 1.807) is 11.1 Å². The van der Waals surface area contributed by atoms with Gasteiger partial charge in [-0.15, -0.1) is 16.4 Å². The number of hydrogen-bond donors (Lipinski definition) is 1. The van der Waals surface area contributed by atoms with E-state index in [1.165, 1.54) is 11.3 Å². The van der Waals surface area contributed by atoms with Crippen molar-refractivity contribution < 1.29 is 13.9 Å². The van der Waals surface area contributed by atoms with Crippen LogP contribution in [-0.2, 0) is 4.74 Å². The summed E-state index contributed by atoms with van der Waals surface area (Å²) >= 11 is 1.41. The molecule has 2 unspecified atom stereocenters. The summed E-state index contributed by atoms with van der Waals surface area (Å²) in [6.07, 6.45) is 5.37. The second kappa shape index (κ2) is 6.48. The lowest BCUT2D eigenvalue weighted by Crippen LogP contribution is -2.38. The lowest BCUT2D eigenvalue weighted by Gasteiger charge is -2.30. The number of rotatable bonds is 3. The summed E-state index contributed by atoms with van der Waals surface area (Å²) < 4.78 is 10.7. The largest absolute Gasteiger partial charge is 0.434 e. The van der Waals surface area contributed by atoms with Crippen LogP contribution in [0.25, 0.3) is 0 Å². The number of H-pyrrole nitrogens is 1. The molecule has 0 bridgehead atoms. The number of nitrogens with one attached hydrogen (secondary N) is 1. The van der Waals surface area contributed by atoms with Crippen molar-refractivity contribution in [3.8, 4) is 0 Å². The van der Waals surface area contributed by atoms with Gasteiger partial charge in [-0.05, 0) is 25.7 Å². The van der Waals surface area contributed by atoms with Crippen molar-refractivity contribution in [1.29, 1.82) is 0 Å². The summed E-state index contributed by atoms with van der Waals surface area (Å²) in [7, 11) is 0. The zero-order chi connectivity index (χ0) is 16.5. The molecule has 0 aromatic carbocycles. The van der Waals surface area contributed by atoms with Crippen molar-refractivity contribution in [2.75, 3.05) is 19.7 Å². The number of carbonyl (C=O) groups excluding carboxylic acids is 1. The van der Waals surface area contributed by atoms with Crippen molar-refractivity contribution in [2.45, 2.75) is 37.7 Å². The first-order valence-corrected chi connectivity index (χ1v) is 8.94. The SMILES string of the molecule is O=C(c1cnc(C2CCCO2)s1)N1CCCC(c2n[nH]c(=O)o2)C1. The molecule has 0 saturated carbocycles. The normalized spacial score (nSPS) is 24.4. The van der Waals surface area contributed by atoms with Crippen LogP contribution in [0.4, 0.5) is 0 Å². The average molecular weight is 350 g/mol. The minimum atomic E-state index is -0.558. The van der Waals surface area contributed by atoms with Gasteiger partial charge in [0.1, 0.15) is 16.0 Å². The van der Waals surface area contributed by atoms with Gasteiger partial charge in [0, 0.05) is 19.7 Å². The molecule has 1 amide bonds. The van der Waals surface area contributed by atoms with E-state index in [-0.39, 0.29) is 17.9 Å². The fraction of sp³-hybridized carbons (Fsp3) is 0.600. The van der Waals surface area contributed by atoms with Crippen molar-refractivity contribution in [3.05, 3.63) is 32.5 Å². The van der Waals surface area contributed by atoms with E-state index in [2.05, 4.69) is 15.2 Å². The Balaban J connectivity index is 1.46. The summed E-state index contributed by atoms with van der Waals surface area (Å²) in [6.45, 7) is 1.95. The molecule has 2 saturated heterocycles. The number of aromatic amines is 1. The van der Waals surface area contributed by atoms with Crippen LogP contribution in [0.5, 0.6) is 0 Å². The molecule has 2 fully saturated rings. The van der Waals surface area contributed by atoms with Crippen molar-refractivity contribution in [2.24, 2.45) is 0 Å². The highest BCUT2D eigenvalue weighted by Gasteiger charge is 2.30. The average Bonchev–Trinajstić information content (AvgIpc) is 3.34. The third kappa shape index (κ3) is 3.01. The van der Waals surface area contributed by atoms with Gasteiger partial charge >= 0.3 is 5.76 Å². The lowest BCUT2D eigenvalue weighted by atomic mass is 9.98. The molecular formula is C15H18N4O4S. The number of aromatic nitrogens is 3. The number of ether oxygens (including phenoxy) is 1. The van der Waals surface area contributed by atoms with Crippen LogP contribution in [-0.4, -0.2) is 45.7 Å². The molecule has 0 radical (unpaired) electrons. The highest BCUT2D eigenvalue weighted by Crippen LogP contribution is 2.32. The molecule has 2 atom stereocenters. The fourth-order valence-electron chi connectivity index (χ4n) is 3.24. The van der Waals surface area contributed by atoms with Crippen molar-refractivity contribution in [1.82, 2.24) is 20.1 Å². The molecule has 2 aromatic heterocycles. The molecule has 2 aliphatic rings. The summed E-state index contributed by atoms with van der Waals surface area (Å²) in [6, 6.07) is 0. The number of likely N-dealkylation sites (tertiary alicyclic amines) is 1. The Bertz CT molecular complexity index is 776.